The van der Waals surface area contributed by atoms with Gasteiger partial charge in [0.25, 0.3) is 0 Å². The zero-order chi connectivity index (χ0) is 14.0. The van der Waals surface area contributed by atoms with E-state index in [-0.39, 0.29) is 0 Å². The Bertz CT molecular complexity index is 129. The van der Waals surface area contributed by atoms with Crippen LogP contribution >= 0.6 is 11.8 Å². The minimum atomic E-state index is 1.23. The summed E-state index contributed by atoms with van der Waals surface area (Å²) in [5, 5.41) is 0. The first-order valence-corrected chi connectivity index (χ1v) is 9.90. The van der Waals surface area contributed by atoms with Gasteiger partial charge in [-0.1, -0.05) is 97.3 Å². The molecule has 0 aromatic carbocycles. The molecule has 0 bridgehead atoms. The van der Waals surface area contributed by atoms with E-state index in [9.17, 15) is 0 Å². The second kappa shape index (κ2) is 18.4. The predicted octanol–water partition coefficient (Wildman–Crippen LogP) is 7.38. The molecule has 1 heteroatoms. The molecule has 0 aliphatic rings. The summed E-state index contributed by atoms with van der Waals surface area (Å²) in [5.74, 6) is 3.62. The lowest BCUT2D eigenvalue weighted by Gasteiger charge is -2.03. The Morgan fingerprint density at radius 3 is 1.42 bits per heavy atom. The molecule has 0 atom stereocenters. The number of thioether (sulfide) groups is 1. The number of hydrogen-bond donors (Lipinski definition) is 0. The van der Waals surface area contributed by atoms with Crippen molar-refractivity contribution in [1.82, 2.24) is 0 Å². The molecule has 0 rings (SSSR count). The smallest absolute Gasteiger partial charge is 0.0166 e. The summed E-state index contributed by atoms with van der Waals surface area (Å²) >= 11 is 1.97. The minimum absolute atomic E-state index is 1.23. The van der Waals surface area contributed by atoms with Crippen molar-refractivity contribution < 1.29 is 0 Å². The van der Waals surface area contributed by atoms with Gasteiger partial charge in [-0.3, -0.25) is 0 Å². The average Bonchev–Trinajstić information content (AvgIpc) is 2.43. The largest absolute Gasteiger partial charge is 0.158 e. The summed E-state index contributed by atoms with van der Waals surface area (Å²) in [5.41, 5.74) is 0. The maximum absolute atomic E-state index is 2.39. The van der Waals surface area contributed by atoms with Crippen LogP contribution in [0.15, 0.2) is 0 Å². The third kappa shape index (κ3) is 18.4. The molecule has 0 fully saturated rings. The van der Waals surface area contributed by atoms with E-state index in [1.807, 2.05) is 11.8 Å². The fraction of sp³-hybridized carbons (Fsp3) is 0.944. The zero-order valence-electron chi connectivity index (χ0n) is 13.6. The fourth-order valence-corrected chi connectivity index (χ4v) is 3.02. The van der Waals surface area contributed by atoms with Crippen LogP contribution in [0.1, 0.15) is 104 Å². The standard InChI is InChI=1S/C18H37S/c1-3-5-6-7-8-9-10-11-12-13-14-15-16-17-18-19-4-2/h18H,3-17H2,1-2H3. The summed E-state index contributed by atoms with van der Waals surface area (Å²) in [7, 11) is 0. The first kappa shape index (κ1) is 19.4. The van der Waals surface area contributed by atoms with Crippen molar-refractivity contribution in [2.24, 2.45) is 0 Å². The summed E-state index contributed by atoms with van der Waals surface area (Å²) in [6.07, 6.45) is 20.2. The van der Waals surface area contributed by atoms with Crippen LogP contribution in [0.25, 0.3) is 0 Å². The molecule has 1 radical (unpaired) electrons. The van der Waals surface area contributed by atoms with Crippen LogP contribution in [0.5, 0.6) is 0 Å². The van der Waals surface area contributed by atoms with Gasteiger partial charge >= 0.3 is 0 Å². The number of unbranched alkanes of at least 4 members (excludes halogenated alkanes) is 13. The molecular formula is C18H37S. The van der Waals surface area contributed by atoms with Gasteiger partial charge in [0, 0.05) is 5.75 Å². The van der Waals surface area contributed by atoms with Crippen LogP contribution < -0.4 is 0 Å². The molecule has 115 valence electrons. The quantitative estimate of drug-likeness (QED) is 0.266. The fourth-order valence-electron chi connectivity index (χ4n) is 2.45. The molecular weight excluding hydrogens is 248 g/mol. The van der Waals surface area contributed by atoms with E-state index in [0.717, 1.165) is 0 Å². The van der Waals surface area contributed by atoms with Crippen LogP contribution in [-0.2, 0) is 0 Å². The van der Waals surface area contributed by atoms with Gasteiger partial charge in [0.2, 0.25) is 0 Å². The first-order chi connectivity index (χ1) is 9.41. The summed E-state index contributed by atoms with van der Waals surface area (Å²) in [6, 6.07) is 0. The van der Waals surface area contributed by atoms with E-state index in [0.29, 0.717) is 0 Å². The first-order valence-electron chi connectivity index (χ1n) is 8.85. The molecule has 0 aromatic rings. The van der Waals surface area contributed by atoms with Gasteiger partial charge in [-0.25, -0.2) is 0 Å². The van der Waals surface area contributed by atoms with Crippen LogP contribution in [0.4, 0.5) is 0 Å². The molecule has 0 aromatic heterocycles. The van der Waals surface area contributed by atoms with Crippen molar-refractivity contribution in [1.29, 1.82) is 0 Å². The zero-order valence-corrected chi connectivity index (χ0v) is 14.4. The highest BCUT2D eigenvalue weighted by Crippen LogP contribution is 2.15. The third-order valence-electron chi connectivity index (χ3n) is 3.71. The van der Waals surface area contributed by atoms with Gasteiger partial charge in [-0.15, -0.1) is 0 Å². The highest BCUT2D eigenvalue weighted by molar-refractivity contribution is 8.01. The van der Waals surface area contributed by atoms with Gasteiger partial charge in [0.15, 0.2) is 0 Å². The van der Waals surface area contributed by atoms with E-state index >= 15 is 0 Å². The molecule has 0 nitrogen and oxygen atoms in total. The van der Waals surface area contributed by atoms with Crippen molar-refractivity contribution in [2.75, 3.05) is 5.75 Å². The van der Waals surface area contributed by atoms with Crippen LogP contribution in [0.3, 0.4) is 0 Å². The minimum Gasteiger partial charge on any atom is -0.158 e. The van der Waals surface area contributed by atoms with Gasteiger partial charge in [-0.05, 0) is 12.2 Å². The van der Waals surface area contributed by atoms with Gasteiger partial charge in [0.05, 0.1) is 0 Å². The Labute approximate surface area is 127 Å². The van der Waals surface area contributed by atoms with Crippen molar-refractivity contribution in [3.05, 3.63) is 5.75 Å². The Morgan fingerprint density at radius 1 is 0.579 bits per heavy atom. The van der Waals surface area contributed by atoms with Crippen LogP contribution in [-0.4, -0.2) is 5.75 Å². The maximum Gasteiger partial charge on any atom is 0.0166 e. The lowest BCUT2D eigenvalue weighted by atomic mass is 10.0. The normalized spacial score (nSPS) is 11.1. The molecule has 0 heterocycles. The van der Waals surface area contributed by atoms with Gasteiger partial charge < -0.3 is 0 Å². The van der Waals surface area contributed by atoms with E-state index in [4.69, 9.17) is 0 Å². The van der Waals surface area contributed by atoms with Gasteiger partial charge in [-0.2, -0.15) is 11.8 Å². The Hall–Kier alpha value is 0.350. The highest BCUT2D eigenvalue weighted by atomic mass is 32.2. The lowest BCUT2D eigenvalue weighted by molar-refractivity contribution is 0.540. The summed E-state index contributed by atoms with van der Waals surface area (Å²) < 4.78 is 0. The SMILES string of the molecule is CCCCCCCCCCCCCCC[CH]SCC. The second-order valence-corrected chi connectivity index (χ2v) is 6.90. The second-order valence-electron chi connectivity index (χ2n) is 5.65. The molecule has 0 unspecified atom stereocenters. The van der Waals surface area contributed by atoms with Crippen molar-refractivity contribution in [3.63, 3.8) is 0 Å². The monoisotopic (exact) mass is 285 g/mol. The summed E-state index contributed by atoms with van der Waals surface area (Å²) in [6.45, 7) is 4.52. The molecule has 0 aliphatic carbocycles. The maximum atomic E-state index is 2.39. The van der Waals surface area contributed by atoms with E-state index in [2.05, 4.69) is 19.6 Å². The lowest BCUT2D eigenvalue weighted by Crippen LogP contribution is -1.83. The molecule has 0 saturated carbocycles. The van der Waals surface area contributed by atoms with Crippen LogP contribution in [0, 0.1) is 5.75 Å². The van der Waals surface area contributed by atoms with Crippen molar-refractivity contribution in [2.45, 2.75) is 104 Å². The van der Waals surface area contributed by atoms with E-state index in [1.54, 1.807) is 0 Å². The molecule has 0 spiro atoms. The molecule has 0 saturated heterocycles. The summed E-state index contributed by atoms with van der Waals surface area (Å²) in [4.78, 5) is 0. The Kier molecular flexibility index (Phi) is 18.7. The Balaban J connectivity index is 2.88. The third-order valence-corrected chi connectivity index (χ3v) is 4.51. The number of rotatable bonds is 16. The molecule has 0 amide bonds. The molecule has 0 N–H and O–H groups in total. The highest BCUT2D eigenvalue weighted by Gasteiger charge is 1.94. The van der Waals surface area contributed by atoms with Crippen LogP contribution in [0.2, 0.25) is 0 Å². The topological polar surface area (TPSA) is 0 Å². The molecule has 0 aliphatic heterocycles. The molecule has 19 heavy (non-hydrogen) atoms. The average molecular weight is 286 g/mol. The van der Waals surface area contributed by atoms with Crippen molar-refractivity contribution >= 4 is 11.8 Å². The van der Waals surface area contributed by atoms with Crippen molar-refractivity contribution in [3.8, 4) is 0 Å². The van der Waals surface area contributed by atoms with Gasteiger partial charge in [0.1, 0.15) is 0 Å². The predicted molar refractivity (Wildman–Crippen MR) is 92.7 cm³/mol. The van der Waals surface area contributed by atoms with E-state index < -0.39 is 0 Å². The van der Waals surface area contributed by atoms with E-state index in [1.165, 1.54) is 95.6 Å². The number of hydrogen-bond acceptors (Lipinski definition) is 1. The Morgan fingerprint density at radius 2 is 1.00 bits per heavy atom.